The molecule has 4 rings (SSSR count). The summed E-state index contributed by atoms with van der Waals surface area (Å²) in [5, 5.41) is 2.68. The summed E-state index contributed by atoms with van der Waals surface area (Å²) in [6.07, 6.45) is 0. The number of carbonyl (C=O) groups excluding carboxylic acids is 2. The first-order chi connectivity index (χ1) is 16.8. The molecule has 3 aromatic rings. The molecule has 0 bridgehead atoms. The molecule has 4 N–H and O–H groups in total. The number of fused-ring (bicyclic) bond motifs is 1. The summed E-state index contributed by atoms with van der Waals surface area (Å²) in [6, 6.07) is 19.1. The molecule has 0 saturated carbocycles. The number of hydrogen-bond donors (Lipinski definition) is 3. The minimum absolute atomic E-state index is 0.101. The van der Waals surface area contributed by atoms with Crippen molar-refractivity contribution in [3.8, 4) is 5.75 Å². The van der Waals surface area contributed by atoms with Gasteiger partial charge in [-0.25, -0.2) is 18.6 Å². The Morgan fingerprint density at radius 1 is 1.03 bits per heavy atom. The van der Waals surface area contributed by atoms with Crippen LogP contribution in [0.25, 0.3) is 5.57 Å². The molecule has 1 aliphatic heterocycles. The minimum atomic E-state index is -4.39. The van der Waals surface area contributed by atoms with E-state index in [9.17, 15) is 18.0 Å². The van der Waals surface area contributed by atoms with E-state index < -0.39 is 27.5 Å². The van der Waals surface area contributed by atoms with Gasteiger partial charge in [0.2, 0.25) is 0 Å². The number of nitrogens with one attached hydrogen (secondary N) is 2. The first-order valence-corrected chi connectivity index (χ1v) is 12.2. The number of anilines is 2. The zero-order valence-corrected chi connectivity index (χ0v) is 19.9. The van der Waals surface area contributed by atoms with Gasteiger partial charge in [-0.3, -0.25) is 15.0 Å². The Kier molecular flexibility index (Phi) is 6.59. The van der Waals surface area contributed by atoms with E-state index in [1.165, 1.54) is 24.3 Å². The summed E-state index contributed by atoms with van der Waals surface area (Å²) in [6.45, 7) is 4.09. The highest BCUT2D eigenvalue weighted by Crippen LogP contribution is 2.38. The second-order valence-corrected chi connectivity index (χ2v) is 9.49. The summed E-state index contributed by atoms with van der Waals surface area (Å²) in [5.74, 6) is 4.41. The van der Waals surface area contributed by atoms with E-state index in [0.717, 1.165) is 9.87 Å². The van der Waals surface area contributed by atoms with E-state index in [4.69, 9.17) is 10.6 Å². The number of sulfonamides is 1. The molecule has 1 heterocycles. The molecule has 3 aromatic carbocycles. The average molecular weight is 493 g/mol. The summed E-state index contributed by atoms with van der Waals surface area (Å²) in [7, 11) is -4.39. The van der Waals surface area contributed by atoms with Gasteiger partial charge in [-0.2, -0.15) is 0 Å². The predicted octanol–water partition coefficient (Wildman–Crippen LogP) is 2.94. The zero-order valence-electron chi connectivity index (χ0n) is 19.1. The lowest BCUT2D eigenvalue weighted by Gasteiger charge is -2.27. The van der Waals surface area contributed by atoms with E-state index in [0.29, 0.717) is 23.6 Å². The summed E-state index contributed by atoms with van der Waals surface area (Å²) >= 11 is 0. The maximum atomic E-state index is 14.0. The molecule has 35 heavy (non-hydrogen) atoms. The molecular weight excluding hydrogens is 468 g/mol. The predicted molar refractivity (Wildman–Crippen MR) is 133 cm³/mol. The van der Waals surface area contributed by atoms with Crippen LogP contribution in [0.3, 0.4) is 0 Å². The van der Waals surface area contributed by atoms with Crippen LogP contribution in [-0.2, 0) is 19.6 Å². The zero-order chi connectivity index (χ0) is 25.2. The fourth-order valence-electron chi connectivity index (χ4n) is 3.78. The molecule has 0 aliphatic carbocycles. The highest BCUT2D eigenvalue weighted by atomic mass is 32.2. The summed E-state index contributed by atoms with van der Waals surface area (Å²) < 4.78 is 34.3. The lowest BCUT2D eigenvalue weighted by atomic mass is 10.0. The van der Waals surface area contributed by atoms with E-state index in [2.05, 4.69) is 5.32 Å². The third-order valence-electron chi connectivity index (χ3n) is 5.40. The number of benzene rings is 3. The standard InChI is InChI=1S/C25H24N4O5S/c1-3-34-18-12-14-19(15-13-18)35(32,33)29(17-10-8-16(2)9-11-17)23(25(31)28-26)22-20-6-4-5-7-21(20)27-24(22)30/h4-15H,3,26H2,1-2H3,(H,27,30)(H,28,31). The van der Waals surface area contributed by atoms with Crippen molar-refractivity contribution in [1.29, 1.82) is 0 Å². The van der Waals surface area contributed by atoms with Gasteiger partial charge >= 0.3 is 0 Å². The first kappa shape index (κ1) is 24.0. The number of amides is 2. The van der Waals surface area contributed by atoms with Crippen LogP contribution in [0.4, 0.5) is 11.4 Å². The van der Waals surface area contributed by atoms with Crippen molar-refractivity contribution >= 4 is 38.8 Å². The molecule has 0 fully saturated rings. The van der Waals surface area contributed by atoms with E-state index in [1.54, 1.807) is 48.5 Å². The van der Waals surface area contributed by atoms with Crippen molar-refractivity contribution in [3.05, 3.63) is 89.6 Å². The van der Waals surface area contributed by atoms with Crippen LogP contribution < -0.4 is 25.6 Å². The number of carbonyl (C=O) groups is 2. The van der Waals surface area contributed by atoms with Gasteiger partial charge in [0, 0.05) is 11.3 Å². The number of nitrogens with two attached hydrogens (primary N) is 1. The topological polar surface area (TPSA) is 131 Å². The Labute approximate surface area is 203 Å². The maximum Gasteiger partial charge on any atom is 0.283 e. The highest BCUT2D eigenvalue weighted by Gasteiger charge is 2.39. The minimum Gasteiger partial charge on any atom is -0.494 e. The van der Waals surface area contributed by atoms with Crippen molar-refractivity contribution in [2.45, 2.75) is 18.7 Å². The Morgan fingerprint density at radius 3 is 2.31 bits per heavy atom. The second kappa shape index (κ2) is 9.61. The Bertz CT molecular complexity index is 1410. The average Bonchev–Trinajstić information content (AvgIpc) is 3.18. The van der Waals surface area contributed by atoms with Gasteiger partial charge in [-0.05, 0) is 56.3 Å². The molecule has 0 unspecified atom stereocenters. The van der Waals surface area contributed by atoms with Gasteiger partial charge in [-0.15, -0.1) is 0 Å². The van der Waals surface area contributed by atoms with Crippen LogP contribution >= 0.6 is 0 Å². The fraction of sp³-hybridized carbons (Fsp3) is 0.120. The summed E-state index contributed by atoms with van der Waals surface area (Å²) in [5.41, 5.74) is 3.35. The van der Waals surface area contributed by atoms with Crippen molar-refractivity contribution in [3.63, 3.8) is 0 Å². The van der Waals surface area contributed by atoms with Crippen molar-refractivity contribution in [1.82, 2.24) is 5.43 Å². The Balaban J connectivity index is 2.01. The molecule has 0 saturated heterocycles. The number of nitrogens with zero attached hydrogens (tertiary/aromatic N) is 1. The second-order valence-electron chi connectivity index (χ2n) is 7.71. The van der Waals surface area contributed by atoms with Crippen LogP contribution in [0.1, 0.15) is 18.1 Å². The van der Waals surface area contributed by atoms with Crippen LogP contribution in [-0.4, -0.2) is 26.8 Å². The van der Waals surface area contributed by atoms with Gasteiger partial charge in [-0.1, -0.05) is 35.9 Å². The van der Waals surface area contributed by atoms with Gasteiger partial charge in [0.15, 0.2) is 0 Å². The monoisotopic (exact) mass is 492 g/mol. The molecule has 0 spiro atoms. The van der Waals surface area contributed by atoms with Gasteiger partial charge in [0.1, 0.15) is 11.4 Å². The molecule has 0 atom stereocenters. The number of hydrogen-bond acceptors (Lipinski definition) is 6. The van der Waals surface area contributed by atoms with Gasteiger partial charge in [0.05, 0.1) is 22.8 Å². The molecule has 180 valence electrons. The lowest BCUT2D eigenvalue weighted by molar-refractivity contribution is -0.118. The van der Waals surface area contributed by atoms with Crippen molar-refractivity contribution < 1.29 is 22.7 Å². The quantitative estimate of drug-likeness (QED) is 0.201. The molecule has 10 heteroatoms. The molecule has 1 aliphatic rings. The van der Waals surface area contributed by atoms with Crippen molar-refractivity contribution in [2.24, 2.45) is 5.84 Å². The van der Waals surface area contributed by atoms with Crippen LogP contribution in [0, 0.1) is 6.92 Å². The van der Waals surface area contributed by atoms with Crippen LogP contribution in [0.15, 0.2) is 83.4 Å². The third-order valence-corrected chi connectivity index (χ3v) is 7.14. The Hall–Kier alpha value is -4.15. The summed E-state index contributed by atoms with van der Waals surface area (Å²) in [4.78, 5) is 26.1. The third kappa shape index (κ3) is 4.48. The lowest BCUT2D eigenvalue weighted by Crippen LogP contribution is -2.42. The number of rotatable bonds is 7. The fourth-order valence-corrected chi connectivity index (χ4v) is 5.28. The molecule has 0 radical (unpaired) electrons. The van der Waals surface area contributed by atoms with Crippen molar-refractivity contribution in [2.75, 3.05) is 16.2 Å². The normalized spacial score (nSPS) is 14.1. The van der Waals surface area contributed by atoms with E-state index in [1.807, 2.05) is 19.3 Å². The van der Waals surface area contributed by atoms with Crippen LogP contribution in [0.5, 0.6) is 5.75 Å². The molecule has 0 aromatic heterocycles. The number of hydrazine groups is 1. The van der Waals surface area contributed by atoms with Crippen LogP contribution in [0.2, 0.25) is 0 Å². The smallest absolute Gasteiger partial charge is 0.283 e. The van der Waals surface area contributed by atoms with Gasteiger partial charge < -0.3 is 10.1 Å². The molecule has 9 nitrogen and oxygen atoms in total. The number of para-hydroxylation sites is 1. The molecule has 2 amide bonds. The SMILES string of the molecule is CCOc1ccc(S(=O)(=O)N(C(C(=O)NN)=C2C(=O)Nc3ccccc32)c2ccc(C)cc2)cc1. The Morgan fingerprint density at radius 2 is 1.69 bits per heavy atom. The number of aryl methyl sites for hydroxylation is 1. The maximum absolute atomic E-state index is 14.0. The van der Waals surface area contributed by atoms with E-state index >= 15 is 0 Å². The first-order valence-electron chi connectivity index (χ1n) is 10.8. The molecular formula is C25H24N4O5S. The number of ether oxygens (including phenoxy) is 1. The van der Waals surface area contributed by atoms with Gasteiger partial charge in [0.25, 0.3) is 21.8 Å². The largest absolute Gasteiger partial charge is 0.494 e. The highest BCUT2D eigenvalue weighted by molar-refractivity contribution is 7.93. The van der Waals surface area contributed by atoms with E-state index in [-0.39, 0.29) is 16.2 Å².